The number of aromatic nitrogens is 2. The van der Waals surface area contributed by atoms with Crippen molar-refractivity contribution in [3.8, 4) is 0 Å². The van der Waals surface area contributed by atoms with Crippen LogP contribution in [-0.2, 0) is 12.1 Å². The molecule has 0 bridgehead atoms. The Labute approximate surface area is 130 Å². The third-order valence-electron chi connectivity index (χ3n) is 4.31. The summed E-state index contributed by atoms with van der Waals surface area (Å²) in [6.07, 6.45) is 8.55. The van der Waals surface area contributed by atoms with Crippen molar-refractivity contribution in [1.29, 1.82) is 0 Å². The van der Waals surface area contributed by atoms with Gasteiger partial charge in [-0.3, -0.25) is 0 Å². The minimum Gasteiger partial charge on any atom is -0.335 e. The zero-order valence-electron chi connectivity index (χ0n) is 12.8. The molecule has 1 saturated carbocycles. The molecular weight excluding hydrogens is 276 g/mol. The molecule has 1 aliphatic rings. The van der Waals surface area contributed by atoms with Gasteiger partial charge in [-0.15, -0.1) is 0 Å². The van der Waals surface area contributed by atoms with Gasteiger partial charge in [-0.05, 0) is 31.7 Å². The van der Waals surface area contributed by atoms with E-state index in [-0.39, 0.29) is 17.6 Å². The molecule has 0 aliphatic heterocycles. The van der Waals surface area contributed by atoms with Crippen LogP contribution in [0, 0.1) is 0 Å². The fourth-order valence-electron chi connectivity index (χ4n) is 3.01. The molecule has 116 valence electrons. The Bertz CT molecular complexity index is 605. The minimum atomic E-state index is -0.194. The average Bonchev–Trinajstić information content (AvgIpc) is 2.96. The molecule has 0 saturated heterocycles. The van der Waals surface area contributed by atoms with Crippen molar-refractivity contribution >= 4 is 6.03 Å². The molecule has 0 radical (unpaired) electrons. The van der Waals surface area contributed by atoms with E-state index in [0.717, 1.165) is 19.3 Å². The molecule has 5 nitrogen and oxygen atoms in total. The van der Waals surface area contributed by atoms with Crippen LogP contribution in [0.2, 0.25) is 0 Å². The number of benzene rings is 1. The molecule has 1 heterocycles. The number of imidazole rings is 1. The van der Waals surface area contributed by atoms with Gasteiger partial charge in [0.05, 0.1) is 11.9 Å². The maximum Gasteiger partial charge on any atom is 0.315 e. The first-order valence-corrected chi connectivity index (χ1v) is 7.78. The van der Waals surface area contributed by atoms with Crippen molar-refractivity contribution < 1.29 is 4.79 Å². The van der Waals surface area contributed by atoms with Crippen LogP contribution in [0.1, 0.15) is 31.7 Å². The summed E-state index contributed by atoms with van der Waals surface area (Å²) in [5.41, 5.74) is 0.999. The van der Waals surface area contributed by atoms with Crippen molar-refractivity contribution in [2.24, 2.45) is 0 Å². The molecule has 1 atom stereocenters. The summed E-state index contributed by atoms with van der Waals surface area (Å²) in [5.74, 6) is 0. The highest BCUT2D eigenvalue weighted by atomic mass is 16.2. The Morgan fingerprint density at radius 1 is 1.36 bits per heavy atom. The molecule has 2 N–H and O–H groups in total. The summed E-state index contributed by atoms with van der Waals surface area (Å²) < 4.78 is 1.96. The molecule has 5 heteroatoms. The van der Waals surface area contributed by atoms with Crippen LogP contribution < -0.4 is 10.6 Å². The smallest absolute Gasteiger partial charge is 0.315 e. The summed E-state index contributed by atoms with van der Waals surface area (Å²) in [6.45, 7) is 2.71. The highest BCUT2D eigenvalue weighted by Gasteiger charge is 2.40. The second kappa shape index (κ2) is 6.22. The van der Waals surface area contributed by atoms with E-state index in [4.69, 9.17) is 0 Å². The molecule has 0 spiro atoms. The van der Waals surface area contributed by atoms with Crippen molar-refractivity contribution in [1.82, 2.24) is 20.2 Å². The van der Waals surface area contributed by atoms with Gasteiger partial charge >= 0.3 is 6.03 Å². The zero-order chi connectivity index (χ0) is 15.4. The third kappa shape index (κ3) is 3.13. The SMILES string of the molecule is CC(Cn1ccnc1)NC(=O)NC1(c2ccccc2)CCC1. The normalized spacial score (nSPS) is 17.3. The zero-order valence-corrected chi connectivity index (χ0v) is 12.8. The molecule has 3 rings (SSSR count). The quantitative estimate of drug-likeness (QED) is 0.891. The van der Waals surface area contributed by atoms with Crippen LogP contribution in [0.15, 0.2) is 49.1 Å². The van der Waals surface area contributed by atoms with Gasteiger partial charge in [0.25, 0.3) is 0 Å². The Morgan fingerprint density at radius 2 is 2.14 bits per heavy atom. The molecule has 22 heavy (non-hydrogen) atoms. The van der Waals surface area contributed by atoms with Crippen molar-refractivity contribution in [3.05, 3.63) is 54.6 Å². The van der Waals surface area contributed by atoms with Gasteiger partial charge in [-0.25, -0.2) is 9.78 Å². The lowest BCUT2D eigenvalue weighted by Gasteiger charge is -2.43. The molecule has 1 unspecified atom stereocenters. The Morgan fingerprint density at radius 3 is 2.73 bits per heavy atom. The van der Waals surface area contributed by atoms with E-state index in [1.54, 1.807) is 12.5 Å². The van der Waals surface area contributed by atoms with E-state index in [2.05, 4.69) is 27.8 Å². The van der Waals surface area contributed by atoms with Crippen LogP contribution in [0.3, 0.4) is 0 Å². The predicted molar refractivity (Wildman–Crippen MR) is 85.3 cm³/mol. The van der Waals surface area contributed by atoms with E-state index >= 15 is 0 Å². The second-order valence-corrected chi connectivity index (χ2v) is 6.06. The van der Waals surface area contributed by atoms with Gasteiger partial charge in [0.15, 0.2) is 0 Å². The monoisotopic (exact) mass is 298 g/mol. The van der Waals surface area contributed by atoms with Crippen LogP contribution >= 0.6 is 0 Å². The Kier molecular flexibility index (Phi) is 4.13. The van der Waals surface area contributed by atoms with E-state index in [1.807, 2.05) is 35.9 Å². The first-order valence-electron chi connectivity index (χ1n) is 7.78. The van der Waals surface area contributed by atoms with Gasteiger partial charge in [0, 0.05) is 25.0 Å². The maximum atomic E-state index is 12.3. The molecule has 1 aliphatic carbocycles. The number of urea groups is 1. The van der Waals surface area contributed by atoms with Crippen LogP contribution in [0.25, 0.3) is 0 Å². The topological polar surface area (TPSA) is 59.0 Å². The lowest BCUT2D eigenvalue weighted by Crippen LogP contribution is -2.55. The number of hydrogen-bond acceptors (Lipinski definition) is 2. The molecule has 1 aromatic carbocycles. The summed E-state index contributed by atoms with van der Waals surface area (Å²) >= 11 is 0. The number of carbonyl (C=O) groups excluding carboxylic acids is 1. The van der Waals surface area contributed by atoms with Crippen molar-refractivity contribution in [3.63, 3.8) is 0 Å². The molecule has 1 fully saturated rings. The molecular formula is C17H22N4O. The fourth-order valence-corrected chi connectivity index (χ4v) is 3.01. The van der Waals surface area contributed by atoms with E-state index in [0.29, 0.717) is 6.54 Å². The number of nitrogens with zero attached hydrogens (tertiary/aromatic N) is 2. The Balaban J connectivity index is 1.58. The largest absolute Gasteiger partial charge is 0.335 e. The predicted octanol–water partition coefficient (Wildman–Crippen LogP) is 2.65. The van der Waals surface area contributed by atoms with Crippen molar-refractivity contribution in [2.45, 2.75) is 44.3 Å². The first-order chi connectivity index (χ1) is 10.7. The summed E-state index contributed by atoms with van der Waals surface area (Å²) in [4.78, 5) is 16.3. The van der Waals surface area contributed by atoms with Crippen LogP contribution in [0.4, 0.5) is 4.79 Å². The molecule has 2 amide bonds. The first kappa shape index (κ1) is 14.6. The third-order valence-corrected chi connectivity index (χ3v) is 4.31. The van der Waals surface area contributed by atoms with Gasteiger partial charge in [0.2, 0.25) is 0 Å². The average molecular weight is 298 g/mol. The molecule has 1 aromatic heterocycles. The van der Waals surface area contributed by atoms with E-state index < -0.39 is 0 Å². The second-order valence-electron chi connectivity index (χ2n) is 6.06. The number of carbonyl (C=O) groups is 1. The lowest BCUT2D eigenvalue weighted by atomic mass is 9.72. The van der Waals surface area contributed by atoms with Gasteiger partial charge < -0.3 is 15.2 Å². The minimum absolute atomic E-state index is 0.0436. The van der Waals surface area contributed by atoms with Crippen molar-refractivity contribution in [2.75, 3.05) is 0 Å². The van der Waals surface area contributed by atoms with Gasteiger partial charge in [-0.1, -0.05) is 30.3 Å². The Hall–Kier alpha value is -2.30. The van der Waals surface area contributed by atoms with Crippen LogP contribution in [-0.4, -0.2) is 21.6 Å². The fraction of sp³-hybridized carbons (Fsp3) is 0.412. The summed E-state index contributed by atoms with van der Waals surface area (Å²) in [7, 11) is 0. The summed E-state index contributed by atoms with van der Waals surface area (Å²) in [5, 5.41) is 6.19. The number of amides is 2. The highest BCUT2D eigenvalue weighted by molar-refractivity contribution is 5.75. The van der Waals surface area contributed by atoms with E-state index in [1.165, 1.54) is 5.56 Å². The lowest BCUT2D eigenvalue weighted by molar-refractivity contribution is 0.175. The van der Waals surface area contributed by atoms with Gasteiger partial charge in [-0.2, -0.15) is 0 Å². The number of nitrogens with one attached hydrogen (secondary N) is 2. The number of rotatable bonds is 5. The summed E-state index contributed by atoms with van der Waals surface area (Å²) in [6, 6.07) is 10.2. The number of hydrogen-bond donors (Lipinski definition) is 2. The maximum absolute atomic E-state index is 12.3. The molecule has 2 aromatic rings. The highest BCUT2D eigenvalue weighted by Crippen LogP contribution is 2.41. The van der Waals surface area contributed by atoms with Crippen LogP contribution in [0.5, 0.6) is 0 Å². The van der Waals surface area contributed by atoms with Gasteiger partial charge in [0.1, 0.15) is 0 Å². The van der Waals surface area contributed by atoms with E-state index in [9.17, 15) is 4.79 Å². The standard InChI is InChI=1S/C17H22N4O/c1-14(12-21-11-10-18-13-21)19-16(22)20-17(8-5-9-17)15-6-3-2-4-7-15/h2-4,6-7,10-11,13-14H,5,8-9,12H2,1H3,(H2,19,20,22).